The van der Waals surface area contributed by atoms with Gasteiger partial charge in [-0.2, -0.15) is 5.10 Å². The summed E-state index contributed by atoms with van der Waals surface area (Å²) in [4.78, 5) is 29.8. The summed E-state index contributed by atoms with van der Waals surface area (Å²) in [5.41, 5.74) is 1.27. The first kappa shape index (κ1) is 22.1. The third-order valence-corrected chi connectivity index (χ3v) is 5.90. The molecule has 2 aromatic rings. The van der Waals surface area contributed by atoms with Gasteiger partial charge in [-0.05, 0) is 56.6 Å². The molecule has 1 aromatic heterocycles. The summed E-state index contributed by atoms with van der Waals surface area (Å²) in [6.07, 6.45) is 5.06. The molecule has 0 aliphatic carbocycles. The number of anilines is 1. The van der Waals surface area contributed by atoms with E-state index in [1.807, 2.05) is 53.0 Å². The predicted octanol–water partition coefficient (Wildman–Crippen LogP) is 2.07. The van der Waals surface area contributed by atoms with Gasteiger partial charge >= 0.3 is 6.03 Å². The Hall–Kier alpha value is -2.58. The highest BCUT2D eigenvalue weighted by molar-refractivity contribution is 5.90. The van der Waals surface area contributed by atoms with Gasteiger partial charge in [-0.3, -0.25) is 9.48 Å². The average Bonchev–Trinajstić information content (AvgIpc) is 3.29. The maximum atomic E-state index is 13.5. The van der Waals surface area contributed by atoms with E-state index in [0.29, 0.717) is 26.2 Å². The van der Waals surface area contributed by atoms with Gasteiger partial charge in [0.2, 0.25) is 0 Å². The first-order valence-electron chi connectivity index (χ1n) is 10.2. The number of carbonyl (C=O) groups is 2. The van der Waals surface area contributed by atoms with Crippen molar-refractivity contribution < 1.29 is 9.59 Å². The molecule has 0 radical (unpaired) electrons. The predicted molar refractivity (Wildman–Crippen MR) is 118 cm³/mol. The Morgan fingerprint density at radius 2 is 1.77 bits per heavy atom. The molecule has 0 spiro atoms. The Kier molecular flexibility index (Phi) is 6.99. The molecule has 2 N–H and O–H groups in total. The van der Waals surface area contributed by atoms with Crippen LogP contribution in [0.5, 0.6) is 0 Å². The summed E-state index contributed by atoms with van der Waals surface area (Å²) in [5, 5.41) is 10.7. The summed E-state index contributed by atoms with van der Waals surface area (Å²) in [7, 11) is 0. The lowest BCUT2D eigenvalue weighted by molar-refractivity contribution is -0.144. The lowest BCUT2D eigenvalue weighted by Crippen LogP contribution is -2.60. The van der Waals surface area contributed by atoms with Crippen LogP contribution >= 0.6 is 12.4 Å². The van der Waals surface area contributed by atoms with Gasteiger partial charge in [-0.25, -0.2) is 4.79 Å². The number of hydrogen-bond acceptors (Lipinski definition) is 4. The number of amides is 3. The zero-order chi connectivity index (χ0) is 20.3. The molecule has 0 bridgehead atoms. The maximum absolute atomic E-state index is 13.5. The molecule has 3 heterocycles. The molecule has 0 unspecified atom stereocenters. The van der Waals surface area contributed by atoms with Gasteiger partial charge in [0.25, 0.3) is 5.91 Å². The van der Waals surface area contributed by atoms with Gasteiger partial charge in [0.15, 0.2) is 0 Å². The molecular formula is C21H29ClN6O2. The zero-order valence-corrected chi connectivity index (χ0v) is 18.0. The molecule has 30 heavy (non-hydrogen) atoms. The number of urea groups is 1. The van der Waals surface area contributed by atoms with E-state index in [1.54, 1.807) is 11.1 Å². The van der Waals surface area contributed by atoms with Crippen LogP contribution in [0.15, 0.2) is 42.7 Å². The van der Waals surface area contributed by atoms with Gasteiger partial charge in [0.05, 0.1) is 0 Å². The number of hydrogen-bond donors (Lipinski definition) is 2. The smallest absolute Gasteiger partial charge is 0.321 e. The Morgan fingerprint density at radius 3 is 2.40 bits per heavy atom. The van der Waals surface area contributed by atoms with E-state index in [-0.39, 0.29) is 24.3 Å². The van der Waals surface area contributed by atoms with E-state index in [0.717, 1.165) is 37.2 Å². The van der Waals surface area contributed by atoms with Crippen molar-refractivity contribution in [3.63, 3.8) is 0 Å². The van der Waals surface area contributed by atoms with Crippen LogP contribution in [0.2, 0.25) is 0 Å². The van der Waals surface area contributed by atoms with E-state index in [9.17, 15) is 9.59 Å². The second-order valence-electron chi connectivity index (χ2n) is 7.81. The Balaban J connectivity index is 0.00000256. The van der Waals surface area contributed by atoms with Crippen LogP contribution in [-0.2, 0) is 10.3 Å². The standard InChI is InChI=1S/C21H28N6O2.ClH/c1-17-4-2-5-18(16-17)24-20(29)26-14-12-25(13-15-26)19(28)21(6-9-22-10-7-21)27-11-3-8-23-27;/h2-5,8,11,16,22H,6-7,9-10,12-15H2,1H3,(H,24,29);1H. The minimum Gasteiger partial charge on any atom is -0.337 e. The second kappa shape index (κ2) is 9.49. The van der Waals surface area contributed by atoms with Crippen molar-refractivity contribution in [3.05, 3.63) is 48.3 Å². The number of piperidine rings is 1. The number of nitrogens with zero attached hydrogens (tertiary/aromatic N) is 4. The summed E-state index contributed by atoms with van der Waals surface area (Å²) >= 11 is 0. The largest absolute Gasteiger partial charge is 0.337 e. The Labute approximate surface area is 183 Å². The third kappa shape index (κ3) is 4.44. The van der Waals surface area contributed by atoms with Crippen molar-refractivity contribution in [2.45, 2.75) is 25.3 Å². The van der Waals surface area contributed by atoms with Crippen LogP contribution in [0.4, 0.5) is 10.5 Å². The number of piperazine rings is 1. The minimum absolute atomic E-state index is 0. The maximum Gasteiger partial charge on any atom is 0.321 e. The normalized spacial score (nSPS) is 18.4. The fraction of sp³-hybridized carbons (Fsp3) is 0.476. The van der Waals surface area contributed by atoms with Gasteiger partial charge < -0.3 is 20.4 Å². The van der Waals surface area contributed by atoms with Gasteiger partial charge in [-0.15, -0.1) is 12.4 Å². The quantitative estimate of drug-likeness (QED) is 0.777. The molecule has 8 nitrogen and oxygen atoms in total. The summed E-state index contributed by atoms with van der Waals surface area (Å²) in [5.74, 6) is 0.112. The van der Waals surface area contributed by atoms with Gasteiger partial charge in [0.1, 0.15) is 5.54 Å². The first-order chi connectivity index (χ1) is 14.1. The number of rotatable bonds is 3. The summed E-state index contributed by atoms with van der Waals surface area (Å²) in [6, 6.07) is 9.50. The number of nitrogens with one attached hydrogen (secondary N) is 2. The summed E-state index contributed by atoms with van der Waals surface area (Å²) < 4.78 is 1.83. The van der Waals surface area contributed by atoms with Crippen LogP contribution in [0.25, 0.3) is 0 Å². The van der Waals surface area contributed by atoms with Crippen LogP contribution in [-0.4, -0.2) is 70.8 Å². The highest BCUT2D eigenvalue weighted by atomic mass is 35.5. The fourth-order valence-electron chi connectivity index (χ4n) is 4.24. The molecule has 0 saturated carbocycles. The molecule has 9 heteroatoms. The van der Waals surface area contributed by atoms with E-state index in [1.165, 1.54) is 0 Å². The molecular weight excluding hydrogens is 404 g/mol. The molecule has 4 rings (SSSR count). The Bertz CT molecular complexity index is 858. The van der Waals surface area contributed by atoms with Crippen molar-refractivity contribution in [3.8, 4) is 0 Å². The van der Waals surface area contributed by atoms with Crippen molar-refractivity contribution in [1.29, 1.82) is 0 Å². The molecule has 0 atom stereocenters. The third-order valence-electron chi connectivity index (χ3n) is 5.90. The van der Waals surface area contributed by atoms with E-state index >= 15 is 0 Å². The van der Waals surface area contributed by atoms with Crippen LogP contribution < -0.4 is 10.6 Å². The number of halogens is 1. The lowest BCUT2D eigenvalue weighted by atomic mass is 9.86. The van der Waals surface area contributed by atoms with E-state index in [2.05, 4.69) is 15.7 Å². The molecule has 2 aliphatic rings. The second-order valence-corrected chi connectivity index (χ2v) is 7.81. The van der Waals surface area contributed by atoms with Crippen molar-refractivity contribution >= 4 is 30.0 Å². The number of carbonyl (C=O) groups excluding carboxylic acids is 2. The molecule has 162 valence electrons. The lowest BCUT2D eigenvalue weighted by Gasteiger charge is -2.43. The molecule has 2 aliphatic heterocycles. The van der Waals surface area contributed by atoms with Crippen molar-refractivity contribution in [1.82, 2.24) is 24.9 Å². The topological polar surface area (TPSA) is 82.5 Å². The summed E-state index contributed by atoms with van der Waals surface area (Å²) in [6.45, 7) is 5.71. The number of benzene rings is 1. The van der Waals surface area contributed by atoms with Crippen LogP contribution in [0.3, 0.4) is 0 Å². The zero-order valence-electron chi connectivity index (χ0n) is 17.2. The van der Waals surface area contributed by atoms with Gasteiger partial charge in [-0.1, -0.05) is 12.1 Å². The van der Waals surface area contributed by atoms with E-state index < -0.39 is 5.54 Å². The molecule has 2 fully saturated rings. The van der Waals surface area contributed by atoms with Crippen molar-refractivity contribution in [2.75, 3.05) is 44.6 Å². The molecule has 3 amide bonds. The SMILES string of the molecule is Cc1cccc(NC(=O)N2CCN(C(=O)C3(n4cccn4)CCNCC3)CC2)c1.Cl. The van der Waals surface area contributed by atoms with Crippen LogP contribution in [0, 0.1) is 6.92 Å². The van der Waals surface area contributed by atoms with E-state index in [4.69, 9.17) is 0 Å². The first-order valence-corrected chi connectivity index (χ1v) is 10.2. The van der Waals surface area contributed by atoms with Crippen LogP contribution in [0.1, 0.15) is 18.4 Å². The van der Waals surface area contributed by atoms with Crippen molar-refractivity contribution in [2.24, 2.45) is 0 Å². The highest BCUT2D eigenvalue weighted by Crippen LogP contribution is 2.30. The number of aryl methyl sites for hydroxylation is 1. The fourth-order valence-corrected chi connectivity index (χ4v) is 4.24. The molecule has 1 aromatic carbocycles. The van der Waals surface area contributed by atoms with Gasteiger partial charge in [0, 0.05) is 44.3 Å². The average molecular weight is 433 g/mol. The monoisotopic (exact) mass is 432 g/mol. The Morgan fingerprint density at radius 1 is 1.07 bits per heavy atom. The highest BCUT2D eigenvalue weighted by Gasteiger charge is 2.45. The number of aromatic nitrogens is 2. The minimum atomic E-state index is -0.624. The molecule has 2 saturated heterocycles.